The van der Waals surface area contributed by atoms with Crippen LogP contribution in [0.25, 0.3) is 0 Å². The molecule has 0 amide bonds. The Hall–Kier alpha value is -0.160. The van der Waals surface area contributed by atoms with Crippen molar-refractivity contribution in [3.8, 4) is 0 Å². The molecule has 4 aliphatic carbocycles. The Bertz CT molecular complexity index is 711. The summed E-state index contributed by atoms with van der Waals surface area (Å²) < 4.78 is 0. The molecule has 0 aromatic carbocycles. The van der Waals surface area contributed by atoms with Crippen molar-refractivity contribution in [1.82, 2.24) is 4.90 Å². The zero-order valence-electron chi connectivity index (χ0n) is 19.9. The van der Waals surface area contributed by atoms with Crippen LogP contribution in [0.15, 0.2) is 0 Å². The summed E-state index contributed by atoms with van der Waals surface area (Å²) in [6, 6.07) is 0.355. The third kappa shape index (κ3) is 3.00. The Kier molecular flexibility index (Phi) is 4.94. The molecule has 0 spiro atoms. The second kappa shape index (κ2) is 7.17. The minimum absolute atomic E-state index is 0.188. The molecule has 2 saturated heterocycles. The van der Waals surface area contributed by atoms with E-state index in [1.807, 2.05) is 0 Å². The first-order valence-corrected chi connectivity index (χ1v) is 13.5. The van der Waals surface area contributed by atoms with E-state index in [2.05, 4.69) is 25.7 Å². The van der Waals surface area contributed by atoms with E-state index in [0.29, 0.717) is 35.6 Å². The average molecular weight is 432 g/mol. The molecule has 0 aromatic rings. The summed E-state index contributed by atoms with van der Waals surface area (Å²) in [5.74, 6) is 4.89. The molecular weight excluding hydrogens is 386 g/mol. The summed E-state index contributed by atoms with van der Waals surface area (Å²) >= 11 is 0. The molecule has 31 heavy (non-hydrogen) atoms. The van der Waals surface area contributed by atoms with Crippen molar-refractivity contribution in [3.63, 3.8) is 0 Å². The number of fused-ring (bicyclic) bond motifs is 8. The molecule has 0 bridgehead atoms. The first kappa shape index (κ1) is 21.4. The van der Waals surface area contributed by atoms with Gasteiger partial charge < -0.3 is 15.3 Å². The molecule has 6 aliphatic rings. The molecule has 3 N–H and O–H groups in total. The van der Waals surface area contributed by atoms with E-state index in [-0.39, 0.29) is 23.5 Å². The average Bonchev–Trinajstić information content (AvgIpc) is 3.09. The van der Waals surface area contributed by atoms with Crippen LogP contribution in [0.4, 0.5) is 0 Å². The number of aliphatic hydroxyl groups excluding tert-OH is 2. The Morgan fingerprint density at radius 3 is 2.35 bits per heavy atom. The standard InChI is InChI=1S/C27H45NO3/c1-15-4-7-25-27(3,31)21-6-5-17-18(20(21)14-28(25)13-15)11-22-19(17)12-24(30)23-10-16(29)8-9-26(22,23)2/h15-25,29-31H,4-14H2,1-3H3/t15-,16-,17-,18+,19-,20-,21-,22-,23+,24-,25-,26+,27-/m0/s1. The SMILES string of the molecule is C[C@H]1CC[C@@H]2N(C1)C[C@H]1[C@@H]3C[C@H]4[C@@H](C[C@H](O)[C@H]5C[C@@H](O)CC[C@@]54C)[C@H]3CC[C@@H]1[C@]2(C)O. The van der Waals surface area contributed by atoms with E-state index in [0.717, 1.165) is 50.5 Å². The van der Waals surface area contributed by atoms with Crippen LogP contribution >= 0.6 is 0 Å². The molecule has 176 valence electrons. The predicted octanol–water partition coefficient (Wildman–Crippen LogP) is 3.68. The smallest absolute Gasteiger partial charge is 0.0805 e. The zero-order chi connectivity index (χ0) is 21.7. The predicted molar refractivity (Wildman–Crippen MR) is 121 cm³/mol. The van der Waals surface area contributed by atoms with Gasteiger partial charge in [0, 0.05) is 19.1 Å². The molecule has 0 aromatic heterocycles. The lowest BCUT2D eigenvalue weighted by Gasteiger charge is -2.60. The molecule has 4 saturated carbocycles. The normalized spacial score (nSPS) is 61.5. The first-order chi connectivity index (χ1) is 14.7. The molecule has 6 rings (SSSR count). The van der Waals surface area contributed by atoms with Crippen LogP contribution in [0, 0.1) is 52.8 Å². The van der Waals surface area contributed by atoms with Crippen LogP contribution in [0.1, 0.15) is 78.6 Å². The lowest BCUT2D eigenvalue weighted by molar-refractivity contribution is -0.176. The number of hydrogen-bond donors (Lipinski definition) is 3. The minimum atomic E-state index is -0.553. The van der Waals surface area contributed by atoms with E-state index in [1.54, 1.807) is 0 Å². The number of aliphatic hydroxyl groups is 3. The largest absolute Gasteiger partial charge is 0.393 e. The summed E-state index contributed by atoms with van der Waals surface area (Å²) in [4.78, 5) is 2.68. The Balaban J connectivity index is 1.30. The third-order valence-corrected chi connectivity index (χ3v) is 12.0. The van der Waals surface area contributed by atoms with Gasteiger partial charge in [-0.05, 0) is 117 Å². The zero-order valence-corrected chi connectivity index (χ0v) is 19.9. The second-order valence-corrected chi connectivity index (χ2v) is 13.4. The summed E-state index contributed by atoms with van der Waals surface area (Å²) in [6.45, 7) is 9.36. The lowest BCUT2D eigenvalue weighted by Crippen LogP contribution is -2.67. The van der Waals surface area contributed by atoms with Crippen LogP contribution in [-0.2, 0) is 0 Å². The maximum absolute atomic E-state index is 11.8. The van der Waals surface area contributed by atoms with Crippen LogP contribution < -0.4 is 0 Å². The maximum atomic E-state index is 11.8. The molecule has 0 radical (unpaired) electrons. The Labute approximate surface area is 188 Å². The van der Waals surface area contributed by atoms with Gasteiger partial charge in [-0.25, -0.2) is 0 Å². The van der Waals surface area contributed by atoms with E-state index >= 15 is 0 Å². The van der Waals surface area contributed by atoms with E-state index in [9.17, 15) is 15.3 Å². The van der Waals surface area contributed by atoms with Crippen LogP contribution in [-0.4, -0.2) is 57.2 Å². The highest BCUT2D eigenvalue weighted by Gasteiger charge is 2.64. The van der Waals surface area contributed by atoms with Crippen LogP contribution in [0.3, 0.4) is 0 Å². The summed E-state index contributed by atoms with van der Waals surface area (Å²) in [6.07, 6.45) is 9.43. The van der Waals surface area contributed by atoms with Gasteiger partial charge in [0.25, 0.3) is 0 Å². The van der Waals surface area contributed by atoms with Crippen molar-refractivity contribution in [2.24, 2.45) is 52.8 Å². The molecule has 6 fully saturated rings. The fourth-order valence-electron chi connectivity index (χ4n) is 10.6. The molecular formula is C27H45NO3. The molecule has 4 heteroatoms. The van der Waals surface area contributed by atoms with Gasteiger partial charge in [0.1, 0.15) is 0 Å². The maximum Gasteiger partial charge on any atom is 0.0805 e. The van der Waals surface area contributed by atoms with Gasteiger partial charge in [-0.1, -0.05) is 13.8 Å². The van der Waals surface area contributed by atoms with Gasteiger partial charge in [-0.15, -0.1) is 0 Å². The molecule has 0 unspecified atom stereocenters. The van der Waals surface area contributed by atoms with E-state index in [4.69, 9.17) is 0 Å². The quantitative estimate of drug-likeness (QED) is 0.547. The highest BCUT2D eigenvalue weighted by molar-refractivity contribution is 5.14. The number of rotatable bonds is 0. The fourth-order valence-corrected chi connectivity index (χ4v) is 10.6. The van der Waals surface area contributed by atoms with Crippen LogP contribution in [0.5, 0.6) is 0 Å². The van der Waals surface area contributed by atoms with Crippen molar-refractivity contribution < 1.29 is 15.3 Å². The van der Waals surface area contributed by atoms with Gasteiger partial charge in [0.2, 0.25) is 0 Å². The minimum Gasteiger partial charge on any atom is -0.393 e. The van der Waals surface area contributed by atoms with E-state index < -0.39 is 5.60 Å². The van der Waals surface area contributed by atoms with Crippen LogP contribution in [0.2, 0.25) is 0 Å². The summed E-state index contributed by atoms with van der Waals surface area (Å²) in [7, 11) is 0. The molecule has 4 nitrogen and oxygen atoms in total. The lowest BCUT2D eigenvalue weighted by atomic mass is 9.51. The van der Waals surface area contributed by atoms with Crippen molar-refractivity contribution in [3.05, 3.63) is 0 Å². The summed E-state index contributed by atoms with van der Waals surface area (Å²) in [5, 5.41) is 33.3. The van der Waals surface area contributed by atoms with Crippen molar-refractivity contribution in [2.45, 2.75) is 102 Å². The van der Waals surface area contributed by atoms with Gasteiger partial charge >= 0.3 is 0 Å². The van der Waals surface area contributed by atoms with Gasteiger partial charge in [0.15, 0.2) is 0 Å². The van der Waals surface area contributed by atoms with Gasteiger partial charge in [-0.2, -0.15) is 0 Å². The highest BCUT2D eigenvalue weighted by atomic mass is 16.3. The van der Waals surface area contributed by atoms with Crippen molar-refractivity contribution in [2.75, 3.05) is 13.1 Å². The third-order valence-electron chi connectivity index (χ3n) is 12.0. The van der Waals surface area contributed by atoms with E-state index in [1.165, 1.54) is 32.2 Å². The topological polar surface area (TPSA) is 63.9 Å². The molecule has 13 atom stereocenters. The van der Waals surface area contributed by atoms with Gasteiger partial charge in [-0.3, -0.25) is 4.90 Å². The second-order valence-electron chi connectivity index (χ2n) is 13.4. The van der Waals surface area contributed by atoms with Crippen molar-refractivity contribution in [1.29, 1.82) is 0 Å². The van der Waals surface area contributed by atoms with Gasteiger partial charge in [0.05, 0.1) is 17.8 Å². The Morgan fingerprint density at radius 2 is 1.55 bits per heavy atom. The highest BCUT2D eigenvalue weighted by Crippen LogP contribution is 2.67. The number of nitrogens with zero attached hydrogens (tertiary/aromatic N) is 1. The fraction of sp³-hybridized carbons (Fsp3) is 1.00. The molecule has 2 aliphatic heterocycles. The van der Waals surface area contributed by atoms with Crippen molar-refractivity contribution >= 4 is 0 Å². The Morgan fingerprint density at radius 1 is 0.742 bits per heavy atom. The number of hydrogen-bond acceptors (Lipinski definition) is 4. The monoisotopic (exact) mass is 431 g/mol. The number of piperidine rings is 2. The molecule has 2 heterocycles. The first-order valence-electron chi connectivity index (χ1n) is 13.5. The summed E-state index contributed by atoms with van der Waals surface area (Å²) in [5.41, 5.74) is -0.365.